The van der Waals surface area contributed by atoms with Crippen LogP contribution >= 0.6 is 0 Å². The lowest BCUT2D eigenvalue weighted by Crippen LogP contribution is -2.48. The number of nitrogens with zero attached hydrogens (tertiary/aromatic N) is 1. The maximum absolute atomic E-state index is 11.8. The van der Waals surface area contributed by atoms with E-state index in [0.717, 1.165) is 51.6 Å². The van der Waals surface area contributed by atoms with Gasteiger partial charge in [0, 0.05) is 32.6 Å². The summed E-state index contributed by atoms with van der Waals surface area (Å²) in [4.78, 5) is 14.1. The number of rotatable bonds is 5. The number of carbonyl (C=O) groups is 1. The maximum Gasteiger partial charge on any atom is 0.221 e. The number of hydrogen-bond acceptors (Lipinski definition) is 3. The summed E-state index contributed by atoms with van der Waals surface area (Å²) in [5.74, 6) is 1.04. The Balaban J connectivity index is 1.54. The Labute approximate surface area is 110 Å². The fraction of sp³-hybridized carbons (Fsp3) is 0.929. The summed E-state index contributed by atoms with van der Waals surface area (Å²) in [5.41, 5.74) is 0. The van der Waals surface area contributed by atoms with E-state index >= 15 is 0 Å². The van der Waals surface area contributed by atoms with Crippen LogP contribution in [0.2, 0.25) is 0 Å². The van der Waals surface area contributed by atoms with Gasteiger partial charge in [-0.2, -0.15) is 0 Å². The van der Waals surface area contributed by atoms with Crippen LogP contribution < -0.4 is 10.6 Å². The minimum absolute atomic E-state index is 0.235. The van der Waals surface area contributed by atoms with Crippen molar-refractivity contribution in [2.75, 3.05) is 32.8 Å². The van der Waals surface area contributed by atoms with Gasteiger partial charge in [-0.1, -0.05) is 32.1 Å². The number of nitrogens with one attached hydrogen (secondary N) is 2. The molecule has 1 heterocycles. The van der Waals surface area contributed by atoms with E-state index in [1.165, 1.54) is 32.1 Å². The van der Waals surface area contributed by atoms with Crippen molar-refractivity contribution in [3.05, 3.63) is 0 Å². The lowest BCUT2D eigenvalue weighted by Gasteiger charge is -2.27. The predicted octanol–water partition coefficient (Wildman–Crippen LogP) is 1.33. The molecule has 1 amide bonds. The van der Waals surface area contributed by atoms with Crippen LogP contribution in [0, 0.1) is 5.92 Å². The molecule has 0 aromatic heterocycles. The van der Waals surface area contributed by atoms with E-state index in [-0.39, 0.29) is 5.91 Å². The van der Waals surface area contributed by atoms with Crippen molar-refractivity contribution in [2.24, 2.45) is 5.92 Å². The van der Waals surface area contributed by atoms with E-state index in [1.807, 2.05) is 0 Å². The molecule has 104 valence electrons. The van der Waals surface area contributed by atoms with Gasteiger partial charge in [0.1, 0.15) is 0 Å². The zero-order chi connectivity index (χ0) is 12.6. The summed E-state index contributed by atoms with van der Waals surface area (Å²) in [7, 11) is 0. The second-order valence-corrected chi connectivity index (χ2v) is 5.67. The van der Waals surface area contributed by atoms with Gasteiger partial charge in [-0.15, -0.1) is 0 Å². The Bertz CT molecular complexity index is 221. The van der Waals surface area contributed by atoms with E-state index < -0.39 is 0 Å². The summed E-state index contributed by atoms with van der Waals surface area (Å²) >= 11 is 0. The standard InChI is InChI=1S/C14H27N3O/c18-14(7-6-13-4-2-1-3-5-13)16-12-17-10-8-15-9-11-17/h13,15H,1-12H2,(H,16,18). The average Bonchev–Trinajstić information content (AvgIpc) is 2.45. The van der Waals surface area contributed by atoms with Crippen molar-refractivity contribution in [2.45, 2.75) is 44.9 Å². The molecule has 0 radical (unpaired) electrons. The van der Waals surface area contributed by atoms with Gasteiger partial charge in [0.25, 0.3) is 0 Å². The molecule has 1 saturated carbocycles. The molecule has 1 aliphatic heterocycles. The molecule has 4 nitrogen and oxygen atoms in total. The minimum atomic E-state index is 0.235. The maximum atomic E-state index is 11.8. The lowest BCUT2D eigenvalue weighted by molar-refractivity contribution is -0.122. The fourth-order valence-electron chi connectivity index (χ4n) is 2.97. The largest absolute Gasteiger partial charge is 0.343 e. The topological polar surface area (TPSA) is 44.4 Å². The molecule has 2 rings (SSSR count). The van der Waals surface area contributed by atoms with Crippen molar-refractivity contribution >= 4 is 5.91 Å². The molecule has 18 heavy (non-hydrogen) atoms. The van der Waals surface area contributed by atoms with Crippen LogP contribution in [0.5, 0.6) is 0 Å². The third-order valence-electron chi connectivity index (χ3n) is 4.21. The summed E-state index contributed by atoms with van der Waals surface area (Å²) in [5, 5.41) is 6.37. The molecule has 1 saturated heterocycles. The van der Waals surface area contributed by atoms with Gasteiger partial charge in [0.05, 0.1) is 6.67 Å². The van der Waals surface area contributed by atoms with E-state index in [4.69, 9.17) is 0 Å². The van der Waals surface area contributed by atoms with Crippen molar-refractivity contribution in [1.29, 1.82) is 0 Å². The van der Waals surface area contributed by atoms with Gasteiger partial charge in [0.15, 0.2) is 0 Å². The van der Waals surface area contributed by atoms with Gasteiger partial charge >= 0.3 is 0 Å². The summed E-state index contributed by atoms with van der Waals surface area (Å²) < 4.78 is 0. The summed E-state index contributed by atoms with van der Waals surface area (Å²) in [6.07, 6.45) is 8.62. The molecule has 0 bridgehead atoms. The van der Waals surface area contributed by atoms with Crippen LogP contribution in [0.3, 0.4) is 0 Å². The highest BCUT2D eigenvalue weighted by Gasteiger charge is 2.15. The van der Waals surface area contributed by atoms with Crippen LogP contribution in [0.1, 0.15) is 44.9 Å². The van der Waals surface area contributed by atoms with Crippen molar-refractivity contribution < 1.29 is 4.79 Å². The molecular formula is C14H27N3O. The molecule has 2 fully saturated rings. The predicted molar refractivity (Wildman–Crippen MR) is 73.3 cm³/mol. The Morgan fingerprint density at radius 3 is 2.61 bits per heavy atom. The van der Waals surface area contributed by atoms with Gasteiger partial charge in [-0.3, -0.25) is 9.69 Å². The second-order valence-electron chi connectivity index (χ2n) is 5.67. The number of amides is 1. The Kier molecular flexibility index (Phi) is 5.94. The monoisotopic (exact) mass is 253 g/mol. The van der Waals surface area contributed by atoms with Crippen LogP contribution in [0.4, 0.5) is 0 Å². The van der Waals surface area contributed by atoms with Crippen LogP contribution in [-0.2, 0) is 4.79 Å². The molecule has 0 aromatic rings. The Morgan fingerprint density at radius 2 is 1.89 bits per heavy atom. The molecule has 0 unspecified atom stereocenters. The molecule has 0 spiro atoms. The first kappa shape index (κ1) is 13.8. The lowest BCUT2D eigenvalue weighted by atomic mass is 9.86. The van der Waals surface area contributed by atoms with Crippen molar-refractivity contribution in [1.82, 2.24) is 15.5 Å². The Hall–Kier alpha value is -0.610. The second kappa shape index (κ2) is 7.74. The Morgan fingerprint density at radius 1 is 1.17 bits per heavy atom. The van der Waals surface area contributed by atoms with E-state index in [1.54, 1.807) is 0 Å². The van der Waals surface area contributed by atoms with Crippen LogP contribution in [-0.4, -0.2) is 43.7 Å². The SMILES string of the molecule is O=C(CCC1CCCCC1)NCN1CCNCC1. The smallest absolute Gasteiger partial charge is 0.221 e. The van der Waals surface area contributed by atoms with Gasteiger partial charge in [-0.25, -0.2) is 0 Å². The number of carbonyl (C=O) groups excluding carboxylic acids is 1. The first-order chi connectivity index (χ1) is 8.84. The van der Waals surface area contributed by atoms with Crippen LogP contribution in [0.15, 0.2) is 0 Å². The van der Waals surface area contributed by atoms with Crippen molar-refractivity contribution in [3.63, 3.8) is 0 Å². The normalized spacial score (nSPS) is 22.9. The van der Waals surface area contributed by atoms with E-state index in [9.17, 15) is 4.79 Å². The molecular weight excluding hydrogens is 226 g/mol. The molecule has 0 aromatic carbocycles. The highest BCUT2D eigenvalue weighted by atomic mass is 16.1. The zero-order valence-corrected chi connectivity index (χ0v) is 11.4. The molecule has 1 aliphatic carbocycles. The quantitative estimate of drug-likeness (QED) is 0.777. The van der Waals surface area contributed by atoms with Gasteiger partial charge < -0.3 is 10.6 Å². The number of hydrogen-bond donors (Lipinski definition) is 2. The van der Waals surface area contributed by atoms with E-state index in [2.05, 4.69) is 15.5 Å². The number of piperazine rings is 1. The van der Waals surface area contributed by atoms with Crippen molar-refractivity contribution in [3.8, 4) is 0 Å². The highest BCUT2D eigenvalue weighted by Crippen LogP contribution is 2.27. The summed E-state index contributed by atoms with van der Waals surface area (Å²) in [6.45, 7) is 4.90. The molecule has 2 N–H and O–H groups in total. The average molecular weight is 253 g/mol. The molecule has 0 atom stereocenters. The fourth-order valence-corrected chi connectivity index (χ4v) is 2.97. The van der Waals surface area contributed by atoms with Gasteiger partial charge in [0.2, 0.25) is 5.91 Å². The molecule has 2 aliphatic rings. The first-order valence-corrected chi connectivity index (χ1v) is 7.54. The first-order valence-electron chi connectivity index (χ1n) is 7.54. The third-order valence-corrected chi connectivity index (χ3v) is 4.21. The summed E-state index contributed by atoms with van der Waals surface area (Å²) in [6, 6.07) is 0. The minimum Gasteiger partial charge on any atom is -0.343 e. The third kappa shape index (κ3) is 4.94. The molecule has 4 heteroatoms. The van der Waals surface area contributed by atoms with E-state index in [0.29, 0.717) is 0 Å². The highest BCUT2D eigenvalue weighted by molar-refractivity contribution is 5.75. The van der Waals surface area contributed by atoms with Crippen LogP contribution in [0.25, 0.3) is 0 Å². The van der Waals surface area contributed by atoms with Gasteiger partial charge in [-0.05, 0) is 12.3 Å². The zero-order valence-electron chi connectivity index (χ0n) is 11.4.